The third-order valence-corrected chi connectivity index (χ3v) is 2.18. The number of benzene rings is 1. The minimum atomic E-state index is -1.45. The minimum absolute atomic E-state index is 0. The number of carboxylic acids is 1. The van der Waals surface area contributed by atoms with Crippen molar-refractivity contribution in [1.82, 2.24) is 0 Å². The second-order valence-corrected chi connectivity index (χ2v) is 3.59. The number of aliphatic carboxylic acids is 1. The van der Waals surface area contributed by atoms with Crippen molar-refractivity contribution in [1.29, 1.82) is 0 Å². The summed E-state index contributed by atoms with van der Waals surface area (Å²) in [6.07, 6.45) is -0.392. The molecule has 0 unspecified atom stereocenters. The van der Waals surface area contributed by atoms with Gasteiger partial charge in [0.2, 0.25) is 0 Å². The summed E-state index contributed by atoms with van der Waals surface area (Å²) in [6, 6.07) is 6.74. The maximum Gasteiger partial charge on any atom is 1.00 e. The fourth-order valence-corrected chi connectivity index (χ4v) is 1.18. The van der Waals surface area contributed by atoms with Crippen molar-refractivity contribution in [2.45, 2.75) is 18.9 Å². The Morgan fingerprint density at radius 1 is 1.21 bits per heavy atom. The normalized spacial score (nSPS) is 11.0. The van der Waals surface area contributed by atoms with Gasteiger partial charge in [0.15, 0.2) is 0 Å². The van der Waals surface area contributed by atoms with Gasteiger partial charge in [0.05, 0.1) is 11.5 Å². The van der Waals surface area contributed by atoms with Crippen LogP contribution in [0.25, 0.3) is 0 Å². The van der Waals surface area contributed by atoms with Gasteiger partial charge in [-0.1, -0.05) is 18.2 Å². The van der Waals surface area contributed by atoms with Crippen LogP contribution in [0.15, 0.2) is 30.3 Å². The first-order valence-electron chi connectivity index (χ1n) is 5.27. The molecule has 1 atom stereocenters. The quantitative estimate of drug-likeness (QED) is 0.335. The van der Waals surface area contributed by atoms with E-state index in [0.717, 1.165) is 0 Å². The van der Waals surface area contributed by atoms with Crippen LogP contribution in [0.2, 0.25) is 0 Å². The van der Waals surface area contributed by atoms with E-state index in [1.165, 1.54) is 12.1 Å². The van der Waals surface area contributed by atoms with Crippen molar-refractivity contribution >= 4 is 17.9 Å². The van der Waals surface area contributed by atoms with Crippen molar-refractivity contribution in [3.8, 4) is 0 Å². The van der Waals surface area contributed by atoms with Gasteiger partial charge in [0, 0.05) is 12.5 Å². The van der Waals surface area contributed by atoms with E-state index in [0.29, 0.717) is 0 Å². The molecule has 0 aliphatic carbocycles. The summed E-state index contributed by atoms with van der Waals surface area (Å²) in [4.78, 5) is 33.0. The van der Waals surface area contributed by atoms with Crippen LogP contribution >= 0.6 is 0 Å². The molecular formula is C12H12NNaO5. The zero-order valence-electron chi connectivity index (χ0n) is 10.5. The van der Waals surface area contributed by atoms with Crippen molar-refractivity contribution in [3.05, 3.63) is 35.9 Å². The van der Waals surface area contributed by atoms with Crippen LogP contribution in [0.5, 0.6) is 0 Å². The van der Waals surface area contributed by atoms with Crippen molar-refractivity contribution < 1.29 is 53.8 Å². The van der Waals surface area contributed by atoms with Crippen molar-refractivity contribution in [2.24, 2.45) is 5.73 Å². The number of carbonyl (C=O) groups is 3. The van der Waals surface area contributed by atoms with Crippen LogP contribution in [0.1, 0.15) is 23.2 Å². The van der Waals surface area contributed by atoms with Crippen LogP contribution < -0.4 is 40.4 Å². The Balaban J connectivity index is 0.00000324. The van der Waals surface area contributed by atoms with Gasteiger partial charge in [-0.2, -0.15) is 0 Å². The number of hydrogen-bond donors (Lipinski definition) is 1. The van der Waals surface area contributed by atoms with E-state index < -0.39 is 23.9 Å². The Bertz CT molecular complexity index is 449. The summed E-state index contributed by atoms with van der Waals surface area (Å²) in [5.74, 6) is -3.04. The molecule has 0 heterocycles. The van der Waals surface area contributed by atoms with Gasteiger partial charge in [-0.05, 0) is 18.6 Å². The predicted molar refractivity (Wildman–Crippen MR) is 59.1 cm³/mol. The molecule has 0 radical (unpaired) electrons. The topological polar surface area (TPSA) is 110 Å². The first-order valence-corrected chi connectivity index (χ1v) is 5.27. The third kappa shape index (κ3) is 6.49. The number of rotatable bonds is 5. The average molecular weight is 273 g/mol. The summed E-state index contributed by atoms with van der Waals surface area (Å²) in [7, 11) is 0. The van der Waals surface area contributed by atoms with Gasteiger partial charge in [-0.3, -0.25) is 4.79 Å². The monoisotopic (exact) mass is 273 g/mol. The van der Waals surface area contributed by atoms with E-state index >= 15 is 0 Å². The summed E-state index contributed by atoms with van der Waals surface area (Å²) in [5.41, 5.74) is 5.40. The minimum Gasteiger partial charge on any atom is -0.548 e. The number of nitrogens with two attached hydrogens (primary N) is 1. The summed E-state index contributed by atoms with van der Waals surface area (Å²) >= 11 is 0. The zero-order chi connectivity index (χ0) is 13.5. The predicted octanol–water partition coefficient (Wildman–Crippen LogP) is -3.77. The molecule has 0 spiro atoms. The van der Waals surface area contributed by atoms with Gasteiger partial charge in [0.25, 0.3) is 0 Å². The Labute approximate surface area is 132 Å². The smallest absolute Gasteiger partial charge is 0.548 e. The molecule has 0 amide bonds. The maximum atomic E-state index is 11.4. The molecule has 0 aliphatic rings. The SMILES string of the molecule is N[C@@H](CCC(=O)OC(=O)c1ccccc1)C(=O)[O-].[Na+]. The molecule has 96 valence electrons. The zero-order valence-corrected chi connectivity index (χ0v) is 12.5. The van der Waals surface area contributed by atoms with Crippen LogP contribution in [-0.4, -0.2) is 23.9 Å². The Hall–Kier alpha value is -1.21. The summed E-state index contributed by atoms with van der Waals surface area (Å²) in [5, 5.41) is 10.3. The molecule has 6 nitrogen and oxygen atoms in total. The van der Waals surface area contributed by atoms with Gasteiger partial charge < -0.3 is 20.4 Å². The number of carboxylic acid groups (broad SMARTS) is 1. The molecule has 19 heavy (non-hydrogen) atoms. The molecule has 0 bridgehead atoms. The van der Waals surface area contributed by atoms with Crippen LogP contribution in [-0.2, 0) is 14.3 Å². The van der Waals surface area contributed by atoms with E-state index in [2.05, 4.69) is 4.74 Å². The molecule has 1 aromatic rings. The average Bonchev–Trinajstić information content (AvgIpc) is 2.36. The summed E-state index contributed by atoms with van der Waals surface area (Å²) < 4.78 is 4.52. The van der Waals surface area contributed by atoms with Gasteiger partial charge in [-0.25, -0.2) is 4.79 Å². The standard InChI is InChI=1S/C12H13NO5.Na/c13-9(11(15)16)6-7-10(14)18-12(17)8-4-2-1-3-5-8;/h1-5,9H,6-7,13H2,(H,15,16);/q;+1/p-1/t9-;/m0./s1. The molecule has 1 aromatic carbocycles. The number of carbonyl (C=O) groups excluding carboxylic acids is 3. The molecule has 0 aliphatic heterocycles. The Morgan fingerprint density at radius 2 is 1.79 bits per heavy atom. The molecule has 0 fully saturated rings. The van der Waals surface area contributed by atoms with Gasteiger partial charge >= 0.3 is 41.5 Å². The third-order valence-electron chi connectivity index (χ3n) is 2.18. The molecule has 0 saturated heterocycles. The fraction of sp³-hybridized carbons (Fsp3) is 0.250. The molecule has 0 saturated carbocycles. The van der Waals surface area contributed by atoms with Crippen molar-refractivity contribution in [3.63, 3.8) is 0 Å². The fourth-order valence-electron chi connectivity index (χ4n) is 1.18. The first kappa shape index (κ1) is 17.8. The van der Waals surface area contributed by atoms with E-state index in [9.17, 15) is 19.5 Å². The molecule has 1 rings (SSSR count). The Morgan fingerprint density at radius 3 is 2.32 bits per heavy atom. The van der Waals surface area contributed by atoms with Gasteiger partial charge in [-0.15, -0.1) is 0 Å². The molecular weight excluding hydrogens is 261 g/mol. The van der Waals surface area contributed by atoms with Crippen LogP contribution in [0.4, 0.5) is 0 Å². The molecule has 2 N–H and O–H groups in total. The second-order valence-electron chi connectivity index (χ2n) is 3.59. The van der Waals surface area contributed by atoms with E-state index in [4.69, 9.17) is 5.73 Å². The largest absolute Gasteiger partial charge is 1.00 e. The maximum absolute atomic E-state index is 11.4. The molecule has 0 aromatic heterocycles. The van der Waals surface area contributed by atoms with E-state index in [1.54, 1.807) is 18.2 Å². The van der Waals surface area contributed by atoms with Crippen LogP contribution in [0.3, 0.4) is 0 Å². The molecule has 7 heteroatoms. The van der Waals surface area contributed by atoms with E-state index in [1.807, 2.05) is 0 Å². The van der Waals surface area contributed by atoms with Crippen LogP contribution in [0, 0.1) is 0 Å². The second kappa shape index (κ2) is 8.82. The Kier molecular flexibility index (Phi) is 8.26. The number of ether oxygens (including phenoxy) is 1. The van der Waals surface area contributed by atoms with Gasteiger partial charge in [0.1, 0.15) is 0 Å². The summed E-state index contributed by atoms with van der Waals surface area (Å²) in [6.45, 7) is 0. The first-order chi connectivity index (χ1) is 8.50. The number of esters is 2. The van der Waals surface area contributed by atoms with E-state index in [-0.39, 0.29) is 48.0 Å². The number of hydrogen-bond acceptors (Lipinski definition) is 6. The van der Waals surface area contributed by atoms with Crippen molar-refractivity contribution in [2.75, 3.05) is 0 Å².